The van der Waals surface area contributed by atoms with Crippen LogP contribution in [0.25, 0.3) is 0 Å². The van der Waals surface area contributed by atoms with E-state index in [4.69, 9.17) is 9.47 Å². The normalized spacial score (nSPS) is 23.4. The second-order valence-electron chi connectivity index (χ2n) is 6.39. The average molecular weight is 454 g/mol. The molecule has 2 saturated heterocycles. The number of hydrogen-bond acceptors (Lipinski definition) is 4. The highest BCUT2D eigenvalue weighted by Crippen LogP contribution is 2.17. The van der Waals surface area contributed by atoms with E-state index >= 15 is 0 Å². The van der Waals surface area contributed by atoms with Crippen molar-refractivity contribution in [1.29, 1.82) is 0 Å². The van der Waals surface area contributed by atoms with E-state index < -0.39 is 0 Å². The predicted octanol–water partition coefficient (Wildman–Crippen LogP) is 1.79. The Morgan fingerprint density at radius 1 is 1.21 bits per heavy atom. The Kier molecular flexibility index (Phi) is 11.2. The molecule has 0 spiro atoms. The van der Waals surface area contributed by atoms with Crippen molar-refractivity contribution in [3.05, 3.63) is 0 Å². The number of halogens is 1. The number of aliphatic imine (C=N–C) groups is 1. The Labute approximate surface area is 164 Å². The van der Waals surface area contributed by atoms with E-state index in [0.29, 0.717) is 12.1 Å². The molecule has 1 atom stereocenters. The topological polar surface area (TPSA) is 49.3 Å². The van der Waals surface area contributed by atoms with Gasteiger partial charge in [0.05, 0.1) is 12.7 Å². The summed E-state index contributed by atoms with van der Waals surface area (Å²) < 4.78 is 10.9. The molecule has 0 aromatic heterocycles. The van der Waals surface area contributed by atoms with E-state index in [1.54, 1.807) is 7.11 Å². The van der Waals surface area contributed by atoms with Crippen molar-refractivity contribution in [3.8, 4) is 0 Å². The Morgan fingerprint density at radius 2 is 1.96 bits per heavy atom. The predicted molar refractivity (Wildman–Crippen MR) is 109 cm³/mol. The van der Waals surface area contributed by atoms with Crippen LogP contribution in [0.3, 0.4) is 0 Å². The monoisotopic (exact) mass is 454 g/mol. The second-order valence-corrected chi connectivity index (χ2v) is 6.39. The summed E-state index contributed by atoms with van der Waals surface area (Å²) in [4.78, 5) is 9.38. The van der Waals surface area contributed by atoms with Crippen molar-refractivity contribution in [1.82, 2.24) is 15.1 Å². The van der Waals surface area contributed by atoms with E-state index in [0.717, 1.165) is 58.2 Å². The van der Waals surface area contributed by atoms with Crippen LogP contribution in [-0.4, -0.2) is 88.0 Å². The van der Waals surface area contributed by atoms with E-state index in [-0.39, 0.29) is 24.0 Å². The van der Waals surface area contributed by atoms with Gasteiger partial charge in [-0.2, -0.15) is 0 Å². The summed E-state index contributed by atoms with van der Waals surface area (Å²) in [5, 5.41) is 3.59. The first-order valence-electron chi connectivity index (χ1n) is 9.08. The largest absolute Gasteiger partial charge is 0.383 e. The van der Waals surface area contributed by atoms with Crippen LogP contribution in [0.4, 0.5) is 0 Å². The zero-order valence-electron chi connectivity index (χ0n) is 15.5. The van der Waals surface area contributed by atoms with Crippen molar-refractivity contribution in [2.45, 2.75) is 44.8 Å². The fourth-order valence-corrected chi connectivity index (χ4v) is 3.64. The first-order valence-corrected chi connectivity index (χ1v) is 9.08. The zero-order chi connectivity index (χ0) is 16.5. The summed E-state index contributed by atoms with van der Waals surface area (Å²) in [5.41, 5.74) is 0. The Hall–Kier alpha value is -0.120. The van der Waals surface area contributed by atoms with Gasteiger partial charge in [0.25, 0.3) is 0 Å². The number of rotatable bonds is 7. The fourth-order valence-electron chi connectivity index (χ4n) is 3.64. The Balaban J connectivity index is 0.00000288. The molecule has 24 heavy (non-hydrogen) atoms. The molecule has 142 valence electrons. The summed E-state index contributed by atoms with van der Waals surface area (Å²) in [5.74, 6) is 1.04. The van der Waals surface area contributed by atoms with E-state index in [2.05, 4.69) is 27.0 Å². The minimum absolute atomic E-state index is 0. The third kappa shape index (κ3) is 6.65. The number of guanidine groups is 1. The average Bonchev–Trinajstić information content (AvgIpc) is 3.02. The molecule has 2 rings (SSSR count). The molecule has 0 aromatic rings. The van der Waals surface area contributed by atoms with Gasteiger partial charge >= 0.3 is 0 Å². The van der Waals surface area contributed by atoms with E-state index in [1.807, 2.05) is 7.05 Å². The van der Waals surface area contributed by atoms with Gasteiger partial charge in [0.1, 0.15) is 0 Å². The molecule has 1 unspecified atom stereocenters. The van der Waals surface area contributed by atoms with Crippen LogP contribution < -0.4 is 5.32 Å². The molecule has 2 aliphatic heterocycles. The third-order valence-electron chi connectivity index (χ3n) is 4.93. The maximum Gasteiger partial charge on any atom is 0.193 e. The number of piperidine rings is 1. The number of nitrogens with zero attached hydrogens (tertiary/aromatic N) is 3. The van der Waals surface area contributed by atoms with Crippen LogP contribution >= 0.6 is 24.0 Å². The maximum absolute atomic E-state index is 5.73. The Bertz CT molecular complexity index is 362. The van der Waals surface area contributed by atoms with Gasteiger partial charge in [-0.05, 0) is 39.2 Å². The lowest BCUT2D eigenvalue weighted by molar-refractivity contribution is 0.0263. The first kappa shape index (κ1) is 21.9. The lowest BCUT2D eigenvalue weighted by Crippen LogP contribution is -2.50. The number of hydrogen-bond donors (Lipinski definition) is 1. The van der Waals surface area contributed by atoms with Crippen LogP contribution in [0.15, 0.2) is 4.99 Å². The molecule has 0 amide bonds. The van der Waals surface area contributed by atoms with Crippen molar-refractivity contribution >= 4 is 29.9 Å². The molecule has 0 aliphatic carbocycles. The van der Waals surface area contributed by atoms with Crippen LogP contribution in [0.5, 0.6) is 0 Å². The first-order chi connectivity index (χ1) is 11.3. The molecule has 6 nitrogen and oxygen atoms in total. The van der Waals surface area contributed by atoms with Crippen LogP contribution in [0.1, 0.15) is 32.6 Å². The highest BCUT2D eigenvalue weighted by molar-refractivity contribution is 14.0. The highest BCUT2D eigenvalue weighted by Gasteiger charge is 2.26. The number of likely N-dealkylation sites (tertiary alicyclic amines) is 2. The van der Waals surface area contributed by atoms with Gasteiger partial charge < -0.3 is 19.7 Å². The zero-order valence-corrected chi connectivity index (χ0v) is 17.8. The summed E-state index contributed by atoms with van der Waals surface area (Å²) in [7, 11) is 3.66. The highest BCUT2D eigenvalue weighted by atomic mass is 127. The number of methoxy groups -OCH3 is 1. The SMILES string of the molecule is CCOC1CCN(C(=NC)NCC2CCCN2CCOC)CC1.I. The minimum atomic E-state index is 0. The summed E-state index contributed by atoms with van der Waals surface area (Å²) in [6.45, 7) is 8.96. The van der Waals surface area contributed by atoms with Gasteiger partial charge in [0.2, 0.25) is 0 Å². The maximum atomic E-state index is 5.73. The van der Waals surface area contributed by atoms with Gasteiger partial charge in [-0.3, -0.25) is 9.89 Å². The Morgan fingerprint density at radius 3 is 2.58 bits per heavy atom. The van der Waals surface area contributed by atoms with Crippen LogP contribution in [0, 0.1) is 0 Å². The molecular formula is C17H35IN4O2. The van der Waals surface area contributed by atoms with Gasteiger partial charge in [-0.25, -0.2) is 0 Å². The van der Waals surface area contributed by atoms with Crippen molar-refractivity contribution in [2.75, 3.05) is 60.1 Å². The fraction of sp³-hybridized carbons (Fsp3) is 0.941. The molecule has 1 N–H and O–H groups in total. The third-order valence-corrected chi connectivity index (χ3v) is 4.93. The summed E-state index contributed by atoms with van der Waals surface area (Å²) in [6, 6.07) is 0.600. The van der Waals surface area contributed by atoms with Crippen LogP contribution in [0.2, 0.25) is 0 Å². The van der Waals surface area contributed by atoms with Gasteiger partial charge in [0, 0.05) is 53.0 Å². The molecule has 0 radical (unpaired) electrons. The lowest BCUT2D eigenvalue weighted by atomic mass is 10.1. The molecular weight excluding hydrogens is 419 g/mol. The summed E-state index contributed by atoms with van der Waals surface area (Å²) >= 11 is 0. The molecule has 2 fully saturated rings. The molecule has 2 aliphatic rings. The van der Waals surface area contributed by atoms with Gasteiger partial charge in [0.15, 0.2) is 5.96 Å². The standard InChI is InChI=1S/C17H34N4O2.HI/c1-4-23-16-7-10-21(11-8-16)17(18-2)19-14-15-6-5-9-20(15)12-13-22-3;/h15-16H,4-14H2,1-3H3,(H,18,19);1H. The van der Waals surface area contributed by atoms with Crippen molar-refractivity contribution in [3.63, 3.8) is 0 Å². The molecule has 0 saturated carbocycles. The number of nitrogens with one attached hydrogen (secondary N) is 1. The molecule has 2 heterocycles. The van der Waals surface area contributed by atoms with E-state index in [1.165, 1.54) is 19.4 Å². The molecule has 0 bridgehead atoms. The minimum Gasteiger partial charge on any atom is -0.383 e. The molecule has 0 aromatic carbocycles. The van der Waals surface area contributed by atoms with E-state index in [9.17, 15) is 0 Å². The van der Waals surface area contributed by atoms with Crippen LogP contribution in [-0.2, 0) is 9.47 Å². The summed E-state index contributed by atoms with van der Waals surface area (Å²) in [6.07, 6.45) is 5.17. The second kappa shape index (κ2) is 12.3. The van der Waals surface area contributed by atoms with Crippen molar-refractivity contribution in [2.24, 2.45) is 4.99 Å². The van der Waals surface area contributed by atoms with Gasteiger partial charge in [-0.15, -0.1) is 24.0 Å². The molecule has 7 heteroatoms. The quantitative estimate of drug-likeness (QED) is 0.361. The smallest absolute Gasteiger partial charge is 0.193 e. The number of ether oxygens (including phenoxy) is 2. The van der Waals surface area contributed by atoms with Crippen molar-refractivity contribution < 1.29 is 9.47 Å². The lowest BCUT2D eigenvalue weighted by Gasteiger charge is -2.35. The van der Waals surface area contributed by atoms with Gasteiger partial charge in [-0.1, -0.05) is 0 Å².